The summed E-state index contributed by atoms with van der Waals surface area (Å²) in [5, 5.41) is 8.89. The van der Waals surface area contributed by atoms with Crippen LogP contribution in [0.3, 0.4) is 0 Å². The molecule has 76 valence electrons. The second-order valence-corrected chi connectivity index (χ2v) is 5.06. The van der Waals surface area contributed by atoms with Gasteiger partial charge in [-0.15, -0.1) is 0 Å². The highest BCUT2D eigenvalue weighted by molar-refractivity contribution is 4.90. The highest BCUT2D eigenvalue weighted by Crippen LogP contribution is 2.49. The minimum atomic E-state index is 0.438. The molecule has 0 heterocycles. The normalized spacial score (nSPS) is 42.0. The number of aliphatic hydroxyl groups is 1. The molecule has 0 radical (unpaired) electrons. The van der Waals surface area contributed by atoms with Crippen molar-refractivity contribution in [3.05, 3.63) is 0 Å². The van der Waals surface area contributed by atoms with Gasteiger partial charge in [0.1, 0.15) is 0 Å². The topological polar surface area (TPSA) is 20.2 Å². The molecular formula is C12H22O. The maximum atomic E-state index is 8.89. The molecule has 1 nitrogen and oxygen atoms in total. The molecule has 0 spiro atoms. The lowest BCUT2D eigenvalue weighted by atomic mass is 10.1. The molecule has 2 aliphatic rings. The Hall–Kier alpha value is -0.0400. The second kappa shape index (κ2) is 4.00. The highest BCUT2D eigenvalue weighted by atomic mass is 16.3. The van der Waals surface area contributed by atoms with E-state index in [1.165, 1.54) is 38.5 Å². The fourth-order valence-electron chi connectivity index (χ4n) is 2.70. The van der Waals surface area contributed by atoms with E-state index in [1.807, 2.05) is 0 Å². The summed E-state index contributed by atoms with van der Waals surface area (Å²) >= 11 is 0. The first-order valence-electron chi connectivity index (χ1n) is 5.96. The van der Waals surface area contributed by atoms with Gasteiger partial charge < -0.3 is 5.11 Å². The average Bonchev–Trinajstić information content (AvgIpc) is 2.96. The number of hydrogen-bond acceptors (Lipinski definition) is 1. The van der Waals surface area contributed by atoms with E-state index in [-0.39, 0.29) is 0 Å². The predicted molar refractivity (Wildman–Crippen MR) is 54.4 cm³/mol. The summed E-state index contributed by atoms with van der Waals surface area (Å²) in [5.41, 5.74) is 0. The zero-order chi connectivity index (χ0) is 9.26. The molecule has 2 rings (SSSR count). The molecule has 0 aliphatic heterocycles. The third kappa shape index (κ3) is 2.46. The Bertz CT molecular complexity index is 167. The van der Waals surface area contributed by atoms with Crippen LogP contribution in [0.5, 0.6) is 0 Å². The summed E-state index contributed by atoms with van der Waals surface area (Å²) in [6, 6.07) is 0. The van der Waals surface area contributed by atoms with Crippen LogP contribution >= 0.6 is 0 Å². The van der Waals surface area contributed by atoms with Crippen LogP contribution in [0.15, 0.2) is 0 Å². The Balaban J connectivity index is 1.51. The third-order valence-corrected chi connectivity index (χ3v) is 3.94. The molecule has 0 aromatic heterocycles. The van der Waals surface area contributed by atoms with E-state index in [0.717, 1.165) is 17.8 Å². The van der Waals surface area contributed by atoms with Crippen LogP contribution < -0.4 is 0 Å². The molecule has 2 aliphatic carbocycles. The van der Waals surface area contributed by atoms with Gasteiger partial charge >= 0.3 is 0 Å². The molecule has 4 atom stereocenters. The third-order valence-electron chi connectivity index (χ3n) is 3.94. The monoisotopic (exact) mass is 182 g/mol. The highest BCUT2D eigenvalue weighted by Gasteiger charge is 2.40. The molecule has 0 saturated heterocycles. The number of aliphatic hydroxyl groups excluding tert-OH is 1. The first-order chi connectivity index (χ1) is 6.35. The summed E-state index contributed by atoms with van der Waals surface area (Å²) < 4.78 is 0. The van der Waals surface area contributed by atoms with Crippen molar-refractivity contribution in [2.75, 3.05) is 6.61 Å². The van der Waals surface area contributed by atoms with Crippen molar-refractivity contribution >= 4 is 0 Å². The van der Waals surface area contributed by atoms with E-state index in [1.54, 1.807) is 0 Å². The lowest BCUT2D eigenvalue weighted by molar-refractivity contribution is 0.266. The van der Waals surface area contributed by atoms with Crippen LogP contribution in [0.2, 0.25) is 0 Å². The molecule has 13 heavy (non-hydrogen) atoms. The number of rotatable bonds is 6. The predicted octanol–water partition coefficient (Wildman–Crippen LogP) is 2.83. The Labute approximate surface area is 81.5 Å². The van der Waals surface area contributed by atoms with Crippen LogP contribution in [0, 0.1) is 23.7 Å². The maximum Gasteiger partial charge on any atom is 0.0462 e. The van der Waals surface area contributed by atoms with Crippen molar-refractivity contribution < 1.29 is 5.11 Å². The van der Waals surface area contributed by atoms with Crippen LogP contribution in [-0.4, -0.2) is 11.7 Å². The zero-order valence-corrected chi connectivity index (χ0v) is 8.71. The first kappa shape index (κ1) is 9.51. The molecule has 2 fully saturated rings. The second-order valence-electron chi connectivity index (χ2n) is 5.06. The average molecular weight is 182 g/mol. The minimum absolute atomic E-state index is 0.438. The van der Waals surface area contributed by atoms with E-state index < -0.39 is 0 Å². The van der Waals surface area contributed by atoms with Gasteiger partial charge in [0, 0.05) is 6.61 Å². The summed E-state index contributed by atoms with van der Waals surface area (Å²) in [4.78, 5) is 0. The van der Waals surface area contributed by atoms with E-state index in [2.05, 4.69) is 6.92 Å². The lowest BCUT2D eigenvalue weighted by Gasteiger charge is -1.98. The van der Waals surface area contributed by atoms with Gasteiger partial charge in [-0.3, -0.25) is 0 Å². The quantitative estimate of drug-likeness (QED) is 0.669. The Kier molecular flexibility index (Phi) is 2.92. The van der Waals surface area contributed by atoms with E-state index in [0.29, 0.717) is 12.5 Å². The van der Waals surface area contributed by atoms with Crippen molar-refractivity contribution in [3.8, 4) is 0 Å². The SMILES string of the molecule is CCCC1CC1CCC1CC1CO. The van der Waals surface area contributed by atoms with Crippen molar-refractivity contribution in [2.45, 2.75) is 45.4 Å². The largest absolute Gasteiger partial charge is 0.396 e. The summed E-state index contributed by atoms with van der Waals surface area (Å²) in [5.74, 6) is 3.73. The van der Waals surface area contributed by atoms with Crippen molar-refractivity contribution in [3.63, 3.8) is 0 Å². The van der Waals surface area contributed by atoms with Gasteiger partial charge in [-0.2, -0.15) is 0 Å². The standard InChI is InChI=1S/C12H22O/c1-2-3-9-6-10(9)4-5-11-7-12(11)8-13/h9-13H,2-8H2,1H3. The summed E-state index contributed by atoms with van der Waals surface area (Å²) in [7, 11) is 0. The fourth-order valence-corrected chi connectivity index (χ4v) is 2.70. The van der Waals surface area contributed by atoms with Gasteiger partial charge in [0.05, 0.1) is 0 Å². The van der Waals surface area contributed by atoms with Crippen molar-refractivity contribution in [1.82, 2.24) is 0 Å². The molecule has 2 saturated carbocycles. The van der Waals surface area contributed by atoms with Gasteiger partial charge in [-0.05, 0) is 49.4 Å². The van der Waals surface area contributed by atoms with Gasteiger partial charge in [-0.25, -0.2) is 0 Å². The van der Waals surface area contributed by atoms with Crippen LogP contribution in [0.1, 0.15) is 45.4 Å². The lowest BCUT2D eigenvalue weighted by Crippen LogP contribution is -1.90. The summed E-state index contributed by atoms with van der Waals surface area (Å²) in [6.07, 6.45) is 8.48. The van der Waals surface area contributed by atoms with Crippen LogP contribution in [0.4, 0.5) is 0 Å². The van der Waals surface area contributed by atoms with Gasteiger partial charge in [0.2, 0.25) is 0 Å². The van der Waals surface area contributed by atoms with E-state index in [4.69, 9.17) is 5.11 Å². The molecule has 0 aromatic carbocycles. The molecular weight excluding hydrogens is 160 g/mol. The molecule has 0 amide bonds. The van der Waals surface area contributed by atoms with Gasteiger partial charge in [0.15, 0.2) is 0 Å². The first-order valence-corrected chi connectivity index (χ1v) is 5.96. The van der Waals surface area contributed by atoms with Gasteiger partial charge in [0.25, 0.3) is 0 Å². The van der Waals surface area contributed by atoms with Crippen molar-refractivity contribution in [2.24, 2.45) is 23.7 Å². The summed E-state index contributed by atoms with van der Waals surface area (Å²) in [6.45, 7) is 2.73. The molecule has 4 unspecified atom stereocenters. The molecule has 0 aromatic rings. The maximum absolute atomic E-state index is 8.89. The fraction of sp³-hybridized carbons (Fsp3) is 1.00. The van der Waals surface area contributed by atoms with E-state index in [9.17, 15) is 0 Å². The Morgan fingerprint density at radius 1 is 0.923 bits per heavy atom. The Morgan fingerprint density at radius 3 is 2.00 bits per heavy atom. The van der Waals surface area contributed by atoms with E-state index >= 15 is 0 Å². The van der Waals surface area contributed by atoms with Crippen LogP contribution in [-0.2, 0) is 0 Å². The molecule has 1 N–H and O–H groups in total. The Morgan fingerprint density at radius 2 is 1.46 bits per heavy atom. The zero-order valence-electron chi connectivity index (χ0n) is 8.71. The number of hydrogen-bond donors (Lipinski definition) is 1. The van der Waals surface area contributed by atoms with Crippen LogP contribution in [0.25, 0.3) is 0 Å². The van der Waals surface area contributed by atoms with Crippen molar-refractivity contribution in [1.29, 1.82) is 0 Å². The molecule has 0 bridgehead atoms. The minimum Gasteiger partial charge on any atom is -0.396 e. The molecule has 1 heteroatoms. The van der Waals surface area contributed by atoms with Gasteiger partial charge in [-0.1, -0.05) is 19.8 Å². The smallest absolute Gasteiger partial charge is 0.0462 e.